The second-order valence-electron chi connectivity index (χ2n) is 7.42. The van der Waals surface area contributed by atoms with Gasteiger partial charge >= 0.3 is 0 Å². The van der Waals surface area contributed by atoms with Crippen LogP contribution < -0.4 is 5.32 Å². The molecule has 0 saturated carbocycles. The number of amides is 2. The molecule has 0 bridgehead atoms. The number of benzene rings is 2. The van der Waals surface area contributed by atoms with E-state index in [1.165, 1.54) is 0 Å². The van der Waals surface area contributed by atoms with Crippen molar-refractivity contribution in [3.63, 3.8) is 0 Å². The third kappa shape index (κ3) is 3.38. The fraction of sp³-hybridized carbons (Fsp3) is 0.217. The van der Waals surface area contributed by atoms with Gasteiger partial charge in [0.1, 0.15) is 6.54 Å². The average Bonchev–Trinajstić information content (AvgIpc) is 3.26. The minimum atomic E-state index is -0.159. The van der Waals surface area contributed by atoms with Crippen molar-refractivity contribution in [2.75, 3.05) is 31.6 Å². The summed E-state index contributed by atoms with van der Waals surface area (Å²) in [6.07, 6.45) is 3.82. The van der Waals surface area contributed by atoms with Gasteiger partial charge < -0.3 is 19.5 Å². The van der Waals surface area contributed by atoms with E-state index in [4.69, 9.17) is 16.3 Å². The Morgan fingerprint density at radius 2 is 1.97 bits per heavy atom. The molecule has 1 saturated heterocycles. The molecule has 6 nitrogen and oxygen atoms in total. The van der Waals surface area contributed by atoms with Crippen LogP contribution >= 0.6 is 11.6 Å². The van der Waals surface area contributed by atoms with Gasteiger partial charge in [0, 0.05) is 51.9 Å². The van der Waals surface area contributed by atoms with E-state index in [2.05, 4.69) is 5.32 Å². The van der Waals surface area contributed by atoms with Gasteiger partial charge in [-0.3, -0.25) is 9.59 Å². The summed E-state index contributed by atoms with van der Waals surface area (Å²) in [4.78, 5) is 27.2. The highest BCUT2D eigenvalue weighted by Gasteiger charge is 2.25. The van der Waals surface area contributed by atoms with Crippen molar-refractivity contribution in [3.05, 3.63) is 64.8 Å². The molecule has 2 amide bonds. The van der Waals surface area contributed by atoms with Gasteiger partial charge in [0.2, 0.25) is 5.91 Å². The summed E-state index contributed by atoms with van der Waals surface area (Å²) < 4.78 is 7.29. The second-order valence-corrected chi connectivity index (χ2v) is 7.86. The molecule has 3 heterocycles. The fourth-order valence-corrected chi connectivity index (χ4v) is 4.22. The van der Waals surface area contributed by atoms with Crippen LogP contribution in [0.3, 0.4) is 0 Å². The summed E-state index contributed by atoms with van der Waals surface area (Å²) >= 11 is 6.06. The second kappa shape index (κ2) is 7.63. The number of morpholine rings is 1. The van der Waals surface area contributed by atoms with E-state index in [1.807, 2.05) is 52.1 Å². The Bertz CT molecular complexity index is 1190. The lowest BCUT2D eigenvalue weighted by Gasteiger charge is -2.27. The SMILES string of the molecule is O=C1Nc2cc(Cl)ccc2/C1=C\c1cn(CC(=O)N2CCOCC2)c2ccccc12. The largest absolute Gasteiger partial charge is 0.378 e. The molecule has 0 spiro atoms. The molecule has 30 heavy (non-hydrogen) atoms. The normalized spacial score (nSPS) is 17.4. The van der Waals surface area contributed by atoms with Crippen LogP contribution in [0, 0.1) is 0 Å². The number of ether oxygens (including phenoxy) is 1. The topological polar surface area (TPSA) is 63.6 Å². The Balaban J connectivity index is 1.53. The predicted molar refractivity (Wildman–Crippen MR) is 117 cm³/mol. The monoisotopic (exact) mass is 421 g/mol. The summed E-state index contributed by atoms with van der Waals surface area (Å²) in [6.45, 7) is 2.65. The maximum Gasteiger partial charge on any atom is 0.256 e. The quantitative estimate of drug-likeness (QED) is 0.656. The third-order valence-electron chi connectivity index (χ3n) is 5.55. The minimum Gasteiger partial charge on any atom is -0.378 e. The van der Waals surface area contributed by atoms with Crippen LogP contribution in [-0.2, 0) is 20.9 Å². The van der Waals surface area contributed by atoms with Gasteiger partial charge in [0.05, 0.1) is 18.9 Å². The zero-order chi connectivity index (χ0) is 20.7. The van der Waals surface area contributed by atoms with Crippen LogP contribution in [0.4, 0.5) is 5.69 Å². The number of carbonyl (C=O) groups excluding carboxylic acids is 2. The van der Waals surface area contributed by atoms with Gasteiger partial charge in [-0.25, -0.2) is 0 Å². The highest BCUT2D eigenvalue weighted by atomic mass is 35.5. The summed E-state index contributed by atoms with van der Waals surface area (Å²) in [5.74, 6) is -0.0923. The van der Waals surface area contributed by atoms with E-state index in [0.29, 0.717) is 42.6 Å². The first-order chi connectivity index (χ1) is 14.6. The fourth-order valence-electron chi connectivity index (χ4n) is 4.05. The standard InChI is InChI=1S/C23H20ClN3O3/c24-16-5-6-18-19(23(29)25-20(18)12-16)11-15-13-27(21-4-2-1-3-17(15)21)14-22(28)26-7-9-30-10-8-26/h1-6,11-13H,7-10,14H2,(H,25,29)/b19-11+. The highest BCUT2D eigenvalue weighted by molar-refractivity contribution is 6.36. The molecular weight excluding hydrogens is 402 g/mol. The number of aromatic nitrogens is 1. The number of fused-ring (bicyclic) bond motifs is 2. The van der Waals surface area contributed by atoms with Crippen molar-refractivity contribution in [2.45, 2.75) is 6.54 Å². The maximum absolute atomic E-state index is 12.8. The van der Waals surface area contributed by atoms with E-state index in [1.54, 1.807) is 12.1 Å². The summed E-state index contributed by atoms with van der Waals surface area (Å²) in [7, 11) is 0. The molecule has 5 rings (SSSR count). The van der Waals surface area contributed by atoms with Crippen molar-refractivity contribution in [3.8, 4) is 0 Å². The number of hydrogen-bond acceptors (Lipinski definition) is 3. The van der Waals surface area contributed by atoms with Crippen molar-refractivity contribution < 1.29 is 14.3 Å². The highest BCUT2D eigenvalue weighted by Crippen LogP contribution is 2.36. The number of rotatable bonds is 3. The summed E-state index contributed by atoms with van der Waals surface area (Å²) in [5, 5.41) is 4.44. The lowest BCUT2D eigenvalue weighted by Crippen LogP contribution is -2.42. The van der Waals surface area contributed by atoms with Crippen molar-refractivity contribution in [1.29, 1.82) is 0 Å². The van der Waals surface area contributed by atoms with Gasteiger partial charge in [-0.2, -0.15) is 0 Å². The number of nitrogens with zero attached hydrogens (tertiary/aromatic N) is 2. The maximum atomic E-state index is 12.8. The Labute approximate surface area is 178 Å². The number of nitrogens with one attached hydrogen (secondary N) is 1. The lowest BCUT2D eigenvalue weighted by molar-refractivity contribution is -0.135. The van der Waals surface area contributed by atoms with Gasteiger partial charge in [-0.05, 0) is 24.3 Å². The van der Waals surface area contributed by atoms with E-state index in [0.717, 1.165) is 22.0 Å². The van der Waals surface area contributed by atoms with Crippen LogP contribution in [-0.4, -0.2) is 47.6 Å². The Morgan fingerprint density at radius 3 is 2.80 bits per heavy atom. The summed E-state index contributed by atoms with van der Waals surface area (Å²) in [5.41, 5.74) is 3.98. The number of carbonyl (C=O) groups is 2. The van der Waals surface area contributed by atoms with Crippen LogP contribution in [0.25, 0.3) is 22.6 Å². The van der Waals surface area contributed by atoms with Gasteiger partial charge in [0.25, 0.3) is 5.91 Å². The van der Waals surface area contributed by atoms with Crippen LogP contribution in [0.5, 0.6) is 0 Å². The molecule has 2 aliphatic heterocycles. The van der Waals surface area contributed by atoms with Gasteiger partial charge in [-0.1, -0.05) is 35.9 Å². The molecule has 7 heteroatoms. The van der Waals surface area contributed by atoms with E-state index in [9.17, 15) is 9.59 Å². The van der Waals surface area contributed by atoms with Crippen LogP contribution in [0.2, 0.25) is 5.02 Å². The lowest BCUT2D eigenvalue weighted by atomic mass is 10.0. The first kappa shape index (κ1) is 18.9. The smallest absolute Gasteiger partial charge is 0.256 e. The Morgan fingerprint density at radius 1 is 1.17 bits per heavy atom. The van der Waals surface area contributed by atoms with E-state index in [-0.39, 0.29) is 18.4 Å². The molecule has 0 radical (unpaired) electrons. The predicted octanol–water partition coefficient (Wildman–Crippen LogP) is 3.65. The van der Waals surface area contributed by atoms with Gasteiger partial charge in [-0.15, -0.1) is 0 Å². The first-order valence-corrected chi connectivity index (χ1v) is 10.2. The third-order valence-corrected chi connectivity index (χ3v) is 5.79. The van der Waals surface area contributed by atoms with Crippen molar-refractivity contribution in [2.24, 2.45) is 0 Å². The molecule has 0 unspecified atom stereocenters. The minimum absolute atomic E-state index is 0.0665. The van der Waals surface area contributed by atoms with Crippen molar-refractivity contribution >= 4 is 51.7 Å². The Hall–Kier alpha value is -3.09. The molecule has 152 valence electrons. The van der Waals surface area contributed by atoms with E-state index < -0.39 is 0 Å². The number of para-hydroxylation sites is 1. The molecule has 0 aliphatic carbocycles. The van der Waals surface area contributed by atoms with E-state index >= 15 is 0 Å². The number of anilines is 1. The molecular formula is C23H20ClN3O3. The molecule has 2 aliphatic rings. The first-order valence-electron chi connectivity index (χ1n) is 9.86. The zero-order valence-corrected chi connectivity index (χ0v) is 17.0. The molecule has 3 aromatic rings. The van der Waals surface area contributed by atoms with Crippen LogP contribution in [0.1, 0.15) is 11.1 Å². The Kier molecular flexibility index (Phi) is 4.81. The molecule has 1 N–H and O–H groups in total. The summed E-state index contributed by atoms with van der Waals surface area (Å²) in [6, 6.07) is 13.3. The van der Waals surface area contributed by atoms with Gasteiger partial charge in [0.15, 0.2) is 0 Å². The molecule has 1 fully saturated rings. The number of hydrogen-bond donors (Lipinski definition) is 1. The molecule has 1 aromatic heterocycles. The average molecular weight is 422 g/mol. The van der Waals surface area contributed by atoms with Crippen molar-refractivity contribution in [1.82, 2.24) is 9.47 Å². The molecule has 0 atom stereocenters. The van der Waals surface area contributed by atoms with Crippen LogP contribution in [0.15, 0.2) is 48.7 Å². The number of halogens is 1. The zero-order valence-electron chi connectivity index (χ0n) is 16.2. The molecule has 2 aromatic carbocycles.